The number of carboxylic acids is 1. The summed E-state index contributed by atoms with van der Waals surface area (Å²) in [7, 11) is 3.88. The van der Waals surface area contributed by atoms with Crippen molar-refractivity contribution in [3.05, 3.63) is 0 Å². The fourth-order valence-corrected chi connectivity index (χ4v) is 1.54. The van der Waals surface area contributed by atoms with E-state index in [2.05, 4.69) is 25.9 Å². The molecule has 0 atom stereocenters. The van der Waals surface area contributed by atoms with Crippen molar-refractivity contribution in [1.29, 1.82) is 0 Å². The first-order valence-corrected chi connectivity index (χ1v) is 4.71. The quantitative estimate of drug-likeness (QED) is 0.328. The van der Waals surface area contributed by atoms with Gasteiger partial charge in [0.25, 0.3) is 0 Å². The molecule has 0 aliphatic rings. The Kier molecular flexibility index (Phi) is 5.66. The van der Waals surface area contributed by atoms with E-state index < -0.39 is 11.8 Å². The van der Waals surface area contributed by atoms with Gasteiger partial charge in [-0.1, -0.05) is 21.1 Å². The summed E-state index contributed by atoms with van der Waals surface area (Å²) in [5.41, 5.74) is -0.359. The molecule has 0 heterocycles. The van der Waals surface area contributed by atoms with E-state index in [9.17, 15) is 4.79 Å². The van der Waals surface area contributed by atoms with Gasteiger partial charge in [0.15, 0.2) is 0 Å². The van der Waals surface area contributed by atoms with Gasteiger partial charge in [-0.15, -0.1) is 0 Å². The molecule has 0 aromatic rings. The zero-order chi connectivity index (χ0) is 11.2. The maximum atomic E-state index is 10.8. The van der Waals surface area contributed by atoms with E-state index in [-0.39, 0.29) is 11.0 Å². The van der Waals surface area contributed by atoms with Crippen LogP contribution in [0.2, 0.25) is 0 Å². The van der Waals surface area contributed by atoms with Gasteiger partial charge in [0.1, 0.15) is 7.11 Å². The van der Waals surface area contributed by atoms with Crippen molar-refractivity contribution in [1.82, 2.24) is 0 Å². The summed E-state index contributed by atoms with van der Waals surface area (Å²) in [5.74, 6) is -2.71. The molecule has 0 aromatic carbocycles. The zero-order valence-electron chi connectivity index (χ0n) is 8.11. The minimum atomic E-state index is -1.44. The Morgan fingerprint density at radius 3 is 2.14 bits per heavy atom. The first-order valence-electron chi connectivity index (χ1n) is 3.59. The lowest BCUT2D eigenvalue weighted by Gasteiger charge is -2.27. The summed E-state index contributed by atoms with van der Waals surface area (Å²) < 4.78 is 9.90. The normalized spacial score (nSPS) is 12.7. The number of alkyl halides is 1. The van der Waals surface area contributed by atoms with Crippen molar-refractivity contribution < 1.29 is 24.2 Å². The van der Waals surface area contributed by atoms with E-state index in [4.69, 9.17) is 14.6 Å². The SMILES string of the molecule is CO/N=C(\C(=O)O)C(CBr)(OC)OC. The van der Waals surface area contributed by atoms with E-state index in [0.29, 0.717) is 0 Å². The summed E-state index contributed by atoms with van der Waals surface area (Å²) >= 11 is 3.08. The number of halogens is 1. The Morgan fingerprint density at radius 1 is 1.43 bits per heavy atom. The maximum Gasteiger partial charge on any atom is 0.359 e. The van der Waals surface area contributed by atoms with Gasteiger partial charge < -0.3 is 19.4 Å². The van der Waals surface area contributed by atoms with E-state index in [0.717, 1.165) is 0 Å². The number of hydrogen-bond donors (Lipinski definition) is 1. The van der Waals surface area contributed by atoms with Crippen molar-refractivity contribution in [2.45, 2.75) is 5.79 Å². The fraction of sp³-hybridized carbons (Fsp3) is 0.714. The molecule has 6 nitrogen and oxygen atoms in total. The lowest BCUT2D eigenvalue weighted by atomic mass is 10.2. The predicted molar refractivity (Wildman–Crippen MR) is 52.6 cm³/mol. The molecule has 7 heteroatoms. The van der Waals surface area contributed by atoms with Crippen molar-refractivity contribution in [3.63, 3.8) is 0 Å². The Hall–Kier alpha value is -0.660. The summed E-state index contributed by atoms with van der Waals surface area (Å²) in [5, 5.41) is 12.3. The molecule has 0 saturated carbocycles. The number of carboxylic acid groups (broad SMARTS) is 1. The summed E-state index contributed by atoms with van der Waals surface area (Å²) in [4.78, 5) is 15.2. The molecular weight excluding hydrogens is 258 g/mol. The highest BCUT2D eigenvalue weighted by molar-refractivity contribution is 9.09. The highest BCUT2D eigenvalue weighted by Crippen LogP contribution is 2.17. The lowest BCUT2D eigenvalue weighted by Crippen LogP contribution is -2.48. The van der Waals surface area contributed by atoms with Crippen LogP contribution >= 0.6 is 15.9 Å². The molecule has 0 unspecified atom stereocenters. The van der Waals surface area contributed by atoms with Crippen molar-refractivity contribution in [3.8, 4) is 0 Å². The molecule has 14 heavy (non-hydrogen) atoms. The molecule has 0 radical (unpaired) electrons. The third kappa shape index (κ3) is 2.66. The molecule has 0 aliphatic heterocycles. The first kappa shape index (κ1) is 13.3. The Balaban J connectivity index is 5.11. The van der Waals surface area contributed by atoms with Crippen LogP contribution in [-0.4, -0.2) is 49.2 Å². The van der Waals surface area contributed by atoms with Crippen LogP contribution in [0.25, 0.3) is 0 Å². The van der Waals surface area contributed by atoms with Gasteiger partial charge in [-0.2, -0.15) is 0 Å². The molecule has 0 rings (SSSR count). The van der Waals surface area contributed by atoms with Crippen LogP contribution in [-0.2, 0) is 19.1 Å². The Bertz CT molecular complexity index is 218. The monoisotopic (exact) mass is 269 g/mol. The van der Waals surface area contributed by atoms with Crippen LogP contribution in [0, 0.1) is 0 Å². The number of hydrogen-bond acceptors (Lipinski definition) is 5. The maximum absolute atomic E-state index is 10.8. The van der Waals surface area contributed by atoms with Crippen molar-refractivity contribution >= 4 is 27.6 Å². The van der Waals surface area contributed by atoms with E-state index in [1.807, 2.05) is 0 Å². The Morgan fingerprint density at radius 2 is 1.93 bits per heavy atom. The van der Waals surface area contributed by atoms with Crippen LogP contribution in [0.1, 0.15) is 0 Å². The van der Waals surface area contributed by atoms with E-state index in [1.165, 1.54) is 21.3 Å². The number of carbonyl (C=O) groups is 1. The molecular formula is C7H12BrNO5. The van der Waals surface area contributed by atoms with Crippen molar-refractivity contribution in [2.75, 3.05) is 26.7 Å². The topological polar surface area (TPSA) is 77.4 Å². The van der Waals surface area contributed by atoms with Gasteiger partial charge >= 0.3 is 5.97 Å². The number of nitrogens with zero attached hydrogens (tertiary/aromatic N) is 1. The molecule has 1 N–H and O–H groups in total. The third-order valence-corrected chi connectivity index (χ3v) is 2.32. The second kappa shape index (κ2) is 5.94. The van der Waals surface area contributed by atoms with Gasteiger partial charge in [-0.3, -0.25) is 0 Å². The number of aliphatic carboxylic acids is 1. The average Bonchev–Trinajstić information content (AvgIpc) is 2.19. The van der Waals surface area contributed by atoms with E-state index in [1.54, 1.807) is 0 Å². The van der Waals surface area contributed by atoms with Crippen LogP contribution in [0.3, 0.4) is 0 Å². The van der Waals surface area contributed by atoms with Gasteiger partial charge in [0, 0.05) is 14.2 Å². The highest BCUT2D eigenvalue weighted by atomic mass is 79.9. The molecule has 0 fully saturated rings. The number of oxime groups is 1. The lowest BCUT2D eigenvalue weighted by molar-refractivity contribution is -0.149. The number of ether oxygens (including phenoxy) is 2. The number of rotatable bonds is 6. The van der Waals surface area contributed by atoms with Gasteiger partial charge in [-0.05, 0) is 0 Å². The van der Waals surface area contributed by atoms with Gasteiger partial charge in [0.05, 0.1) is 5.33 Å². The van der Waals surface area contributed by atoms with Crippen LogP contribution in [0.15, 0.2) is 5.16 Å². The first-order chi connectivity index (χ1) is 6.57. The minimum absolute atomic E-state index is 0.126. The van der Waals surface area contributed by atoms with Gasteiger partial charge in [0.2, 0.25) is 11.5 Å². The molecule has 0 spiro atoms. The van der Waals surface area contributed by atoms with Crippen molar-refractivity contribution in [2.24, 2.45) is 5.16 Å². The summed E-state index contributed by atoms with van der Waals surface area (Å²) in [6, 6.07) is 0. The van der Waals surface area contributed by atoms with Crippen LogP contribution in [0.4, 0.5) is 0 Å². The Labute approximate surface area is 89.9 Å². The molecule has 0 amide bonds. The predicted octanol–water partition coefficient (Wildman–Crippen LogP) is 0.457. The molecule has 0 bridgehead atoms. The average molecular weight is 270 g/mol. The second-order valence-corrected chi connectivity index (χ2v) is 2.78. The molecule has 0 aromatic heterocycles. The standard InChI is InChI=1S/C7H12BrNO5/c1-12-7(4-8,13-2)5(6(10)11)9-14-3/h4H2,1-3H3,(H,10,11)/b9-5+. The van der Waals surface area contributed by atoms with Crippen LogP contribution < -0.4 is 0 Å². The van der Waals surface area contributed by atoms with E-state index >= 15 is 0 Å². The van der Waals surface area contributed by atoms with Gasteiger partial charge in [-0.25, -0.2) is 4.79 Å². The highest BCUT2D eigenvalue weighted by Gasteiger charge is 2.41. The zero-order valence-corrected chi connectivity index (χ0v) is 9.70. The fourth-order valence-electron chi connectivity index (χ4n) is 0.812. The molecule has 82 valence electrons. The molecule has 0 saturated heterocycles. The summed E-state index contributed by atoms with van der Waals surface area (Å²) in [6.45, 7) is 0. The van der Waals surface area contributed by atoms with Crippen LogP contribution in [0.5, 0.6) is 0 Å². The largest absolute Gasteiger partial charge is 0.477 e. The number of methoxy groups -OCH3 is 2. The third-order valence-electron chi connectivity index (χ3n) is 1.58. The second-order valence-electron chi connectivity index (χ2n) is 2.22. The molecule has 0 aliphatic carbocycles. The minimum Gasteiger partial charge on any atom is -0.477 e. The smallest absolute Gasteiger partial charge is 0.359 e. The summed E-state index contributed by atoms with van der Waals surface area (Å²) in [6.07, 6.45) is 0.